The van der Waals surface area contributed by atoms with Crippen LogP contribution in [0.2, 0.25) is 0 Å². The molecule has 1 aliphatic heterocycles. The highest BCUT2D eigenvalue weighted by Crippen LogP contribution is 2.34. The van der Waals surface area contributed by atoms with Crippen LogP contribution in [0.5, 0.6) is 0 Å². The zero-order valence-corrected chi connectivity index (χ0v) is 10.6. The topological polar surface area (TPSA) is 42.7 Å². The summed E-state index contributed by atoms with van der Waals surface area (Å²) in [7, 11) is 0. The molecule has 1 fully saturated rings. The highest BCUT2D eigenvalue weighted by molar-refractivity contribution is 5.01. The largest absolute Gasteiger partial charge is 0.393 e. The van der Waals surface area contributed by atoms with E-state index < -0.39 is 12.1 Å². The number of aromatic nitrogens is 3. The minimum absolute atomic E-state index is 0.0354. The molecule has 1 aliphatic carbocycles. The van der Waals surface area contributed by atoms with Crippen LogP contribution in [-0.2, 0) is 19.5 Å². The van der Waals surface area contributed by atoms with Crippen LogP contribution in [0.4, 0.5) is 13.2 Å². The van der Waals surface area contributed by atoms with Gasteiger partial charge in [-0.3, -0.25) is 0 Å². The van der Waals surface area contributed by atoms with Crippen LogP contribution in [0.25, 0.3) is 0 Å². The van der Waals surface area contributed by atoms with Gasteiger partial charge in [0.25, 0.3) is 0 Å². The third-order valence-electron chi connectivity index (χ3n) is 3.90. The second-order valence-electron chi connectivity index (χ2n) is 5.49. The molecule has 106 valence electrons. The van der Waals surface area contributed by atoms with Crippen molar-refractivity contribution < 1.29 is 13.2 Å². The molecule has 2 aliphatic rings. The minimum atomic E-state index is -4.12. The molecule has 0 aromatic carbocycles. The Hall–Kier alpha value is -1.11. The van der Waals surface area contributed by atoms with Crippen LogP contribution < -0.4 is 5.32 Å². The van der Waals surface area contributed by atoms with E-state index >= 15 is 0 Å². The quantitative estimate of drug-likeness (QED) is 0.912. The van der Waals surface area contributed by atoms with Gasteiger partial charge in [-0.05, 0) is 31.7 Å². The Morgan fingerprint density at radius 1 is 1.21 bits per heavy atom. The van der Waals surface area contributed by atoms with Gasteiger partial charge in [-0.25, -0.2) is 0 Å². The third-order valence-corrected chi connectivity index (χ3v) is 3.90. The van der Waals surface area contributed by atoms with Crippen molar-refractivity contribution in [3.05, 3.63) is 11.6 Å². The fourth-order valence-electron chi connectivity index (χ4n) is 2.49. The Bertz CT molecular complexity index is 450. The number of halogens is 3. The van der Waals surface area contributed by atoms with Crippen molar-refractivity contribution in [2.45, 2.75) is 44.9 Å². The van der Waals surface area contributed by atoms with Crippen molar-refractivity contribution in [3.63, 3.8) is 0 Å². The van der Waals surface area contributed by atoms with Crippen LogP contribution in [0, 0.1) is 11.8 Å². The van der Waals surface area contributed by atoms with Crippen molar-refractivity contribution >= 4 is 0 Å². The average Bonchev–Trinajstić information content (AvgIpc) is 3.08. The SMILES string of the molecule is FC(F)(F)C1CCc2nnc(CNCC3CC3)n2C1. The average molecular weight is 274 g/mol. The summed E-state index contributed by atoms with van der Waals surface area (Å²) in [5, 5.41) is 11.3. The minimum Gasteiger partial charge on any atom is -0.313 e. The molecule has 4 nitrogen and oxygen atoms in total. The molecule has 0 amide bonds. The summed E-state index contributed by atoms with van der Waals surface area (Å²) in [5.41, 5.74) is 0. The maximum atomic E-state index is 12.8. The second kappa shape index (κ2) is 4.77. The maximum absolute atomic E-state index is 12.8. The van der Waals surface area contributed by atoms with Gasteiger partial charge in [0.15, 0.2) is 0 Å². The summed E-state index contributed by atoms with van der Waals surface area (Å²) in [6, 6.07) is 0. The first-order valence-corrected chi connectivity index (χ1v) is 6.72. The molecule has 19 heavy (non-hydrogen) atoms. The monoisotopic (exact) mass is 274 g/mol. The van der Waals surface area contributed by atoms with Gasteiger partial charge in [-0.15, -0.1) is 10.2 Å². The molecule has 0 bridgehead atoms. The van der Waals surface area contributed by atoms with Crippen LogP contribution in [0.1, 0.15) is 30.9 Å². The first kappa shape index (κ1) is 12.9. The number of aryl methyl sites for hydroxylation is 1. The van der Waals surface area contributed by atoms with Crippen molar-refractivity contribution in [1.29, 1.82) is 0 Å². The summed E-state index contributed by atoms with van der Waals surface area (Å²) in [6.45, 7) is 1.39. The smallest absolute Gasteiger partial charge is 0.313 e. The number of rotatable bonds is 4. The molecule has 7 heteroatoms. The van der Waals surface area contributed by atoms with Gasteiger partial charge >= 0.3 is 6.18 Å². The lowest BCUT2D eigenvalue weighted by atomic mass is 9.99. The molecule has 2 heterocycles. The third kappa shape index (κ3) is 2.91. The lowest BCUT2D eigenvalue weighted by Gasteiger charge is -2.26. The van der Waals surface area contributed by atoms with Crippen molar-refractivity contribution in [3.8, 4) is 0 Å². The normalized spacial score (nSPS) is 23.4. The van der Waals surface area contributed by atoms with Crippen LogP contribution in [-0.4, -0.2) is 27.5 Å². The maximum Gasteiger partial charge on any atom is 0.393 e. The Morgan fingerprint density at radius 3 is 2.68 bits per heavy atom. The molecule has 1 atom stereocenters. The molecule has 1 aromatic heterocycles. The Morgan fingerprint density at radius 2 is 2.00 bits per heavy atom. The summed E-state index contributed by atoms with van der Waals surface area (Å²) in [4.78, 5) is 0. The lowest BCUT2D eigenvalue weighted by molar-refractivity contribution is -0.182. The van der Waals surface area contributed by atoms with E-state index in [4.69, 9.17) is 0 Å². The molecule has 1 saturated carbocycles. The van der Waals surface area contributed by atoms with Gasteiger partial charge in [0, 0.05) is 13.0 Å². The Labute approximate surface area is 109 Å². The van der Waals surface area contributed by atoms with Crippen molar-refractivity contribution in [2.24, 2.45) is 11.8 Å². The van der Waals surface area contributed by atoms with E-state index in [1.165, 1.54) is 12.8 Å². The van der Waals surface area contributed by atoms with E-state index in [1.807, 2.05) is 0 Å². The summed E-state index contributed by atoms with van der Waals surface area (Å²) >= 11 is 0. The Kier molecular flexibility index (Phi) is 3.24. The fraction of sp³-hybridized carbons (Fsp3) is 0.833. The molecular formula is C12H17F3N4. The first-order chi connectivity index (χ1) is 9.04. The molecule has 1 aromatic rings. The highest BCUT2D eigenvalue weighted by atomic mass is 19.4. The zero-order chi connectivity index (χ0) is 13.5. The number of nitrogens with one attached hydrogen (secondary N) is 1. The van der Waals surface area contributed by atoms with Gasteiger partial charge < -0.3 is 9.88 Å². The van der Waals surface area contributed by atoms with Gasteiger partial charge in [-0.2, -0.15) is 13.2 Å². The molecule has 0 saturated heterocycles. The van der Waals surface area contributed by atoms with Gasteiger partial charge in [0.05, 0.1) is 12.5 Å². The standard InChI is InChI=1S/C12H17F3N4/c13-12(14,15)9-3-4-10-17-18-11(19(10)7-9)6-16-5-8-1-2-8/h8-9,16H,1-7H2. The van der Waals surface area contributed by atoms with E-state index in [0.717, 1.165) is 12.5 Å². The summed E-state index contributed by atoms with van der Waals surface area (Å²) in [5.74, 6) is 0.790. The molecule has 1 unspecified atom stereocenters. The Balaban J connectivity index is 1.65. The van der Waals surface area contributed by atoms with Crippen LogP contribution in [0.3, 0.4) is 0 Å². The van der Waals surface area contributed by atoms with E-state index in [9.17, 15) is 13.2 Å². The second-order valence-corrected chi connectivity index (χ2v) is 5.49. The first-order valence-electron chi connectivity index (χ1n) is 6.72. The van der Waals surface area contributed by atoms with Crippen molar-refractivity contribution in [1.82, 2.24) is 20.1 Å². The fourth-order valence-corrected chi connectivity index (χ4v) is 2.49. The number of alkyl halides is 3. The molecule has 3 rings (SSSR count). The van der Waals surface area contributed by atoms with Gasteiger partial charge in [0.2, 0.25) is 0 Å². The number of nitrogens with zero attached hydrogens (tertiary/aromatic N) is 3. The van der Waals surface area contributed by atoms with Crippen LogP contribution >= 0.6 is 0 Å². The summed E-state index contributed by atoms with van der Waals surface area (Å²) in [6.07, 6.45) is -1.14. The van der Waals surface area contributed by atoms with E-state index in [0.29, 0.717) is 24.6 Å². The van der Waals surface area contributed by atoms with Gasteiger partial charge in [0.1, 0.15) is 11.6 Å². The van der Waals surface area contributed by atoms with Crippen molar-refractivity contribution in [2.75, 3.05) is 6.54 Å². The summed E-state index contributed by atoms with van der Waals surface area (Å²) < 4.78 is 39.9. The molecule has 0 spiro atoms. The van der Waals surface area contributed by atoms with E-state index in [-0.39, 0.29) is 13.0 Å². The van der Waals surface area contributed by atoms with Crippen LogP contribution in [0.15, 0.2) is 0 Å². The van der Waals surface area contributed by atoms with E-state index in [1.54, 1.807) is 4.57 Å². The number of fused-ring (bicyclic) bond motifs is 1. The highest BCUT2D eigenvalue weighted by Gasteiger charge is 2.42. The zero-order valence-electron chi connectivity index (χ0n) is 10.6. The molecule has 0 radical (unpaired) electrons. The lowest BCUT2D eigenvalue weighted by Crippen LogP contribution is -2.33. The predicted molar refractivity (Wildman–Crippen MR) is 62.3 cm³/mol. The number of hydrogen-bond donors (Lipinski definition) is 1. The predicted octanol–water partition coefficient (Wildman–Crippen LogP) is 1.90. The van der Waals surface area contributed by atoms with E-state index in [2.05, 4.69) is 15.5 Å². The number of hydrogen-bond acceptors (Lipinski definition) is 3. The molecule has 1 N–H and O–H groups in total. The molecular weight excluding hydrogens is 257 g/mol. The van der Waals surface area contributed by atoms with Gasteiger partial charge in [-0.1, -0.05) is 0 Å².